The molecule has 0 bridgehead atoms. The monoisotopic (exact) mass is 499 g/mol. The lowest BCUT2D eigenvalue weighted by atomic mass is 9.99. The van der Waals surface area contributed by atoms with Crippen molar-refractivity contribution in [1.82, 2.24) is 14.4 Å². The highest BCUT2D eigenvalue weighted by Gasteiger charge is 2.36. The van der Waals surface area contributed by atoms with E-state index in [9.17, 15) is 18.0 Å². The van der Waals surface area contributed by atoms with E-state index in [2.05, 4.69) is 15.5 Å². The quantitative estimate of drug-likeness (QED) is 0.502. The first-order valence-corrected chi connectivity index (χ1v) is 12.4. The number of ether oxygens (including phenoxy) is 1. The number of amides is 2. The van der Waals surface area contributed by atoms with E-state index in [0.29, 0.717) is 42.1 Å². The van der Waals surface area contributed by atoms with Gasteiger partial charge >= 0.3 is 0 Å². The molecule has 1 saturated heterocycles. The Kier molecular flexibility index (Phi) is 6.85. The molecule has 1 atom stereocenters. The standard InChI is InChI=1S/C23H25N5O6S/c1-14-21(15(2)34-27-14)35(31,32)28-10-4-6-17(13-28)23(30)26-18-8-9-20(25-12-18)33-19-7-3-5-16(11-19)22(24)29/h3,5,7-9,11-12,17H,4,6,10,13H2,1-2H3,(H2,24,29)(H,26,30). The molecule has 2 aromatic heterocycles. The number of rotatable bonds is 7. The van der Waals surface area contributed by atoms with Crippen LogP contribution in [0, 0.1) is 19.8 Å². The first-order valence-electron chi connectivity index (χ1n) is 10.9. The number of primary amides is 1. The van der Waals surface area contributed by atoms with Crippen LogP contribution >= 0.6 is 0 Å². The Morgan fingerprint density at radius 2 is 2.03 bits per heavy atom. The van der Waals surface area contributed by atoms with E-state index in [0.717, 1.165) is 0 Å². The van der Waals surface area contributed by atoms with E-state index in [1.165, 1.54) is 16.6 Å². The molecule has 3 aromatic rings. The number of aryl methyl sites for hydroxylation is 2. The van der Waals surface area contributed by atoms with E-state index in [1.54, 1.807) is 44.2 Å². The van der Waals surface area contributed by atoms with Gasteiger partial charge in [0.2, 0.25) is 27.7 Å². The van der Waals surface area contributed by atoms with Gasteiger partial charge in [-0.25, -0.2) is 13.4 Å². The molecule has 4 rings (SSSR count). The lowest BCUT2D eigenvalue weighted by Crippen LogP contribution is -2.43. The fraction of sp³-hybridized carbons (Fsp3) is 0.304. The van der Waals surface area contributed by atoms with Crippen LogP contribution in [-0.2, 0) is 14.8 Å². The summed E-state index contributed by atoms with van der Waals surface area (Å²) >= 11 is 0. The van der Waals surface area contributed by atoms with Gasteiger partial charge in [-0.05, 0) is 51.0 Å². The van der Waals surface area contributed by atoms with E-state index in [4.69, 9.17) is 15.0 Å². The van der Waals surface area contributed by atoms with E-state index in [-0.39, 0.29) is 29.0 Å². The highest BCUT2D eigenvalue weighted by Crippen LogP contribution is 2.28. The van der Waals surface area contributed by atoms with Crippen molar-refractivity contribution in [3.05, 3.63) is 59.6 Å². The molecular weight excluding hydrogens is 474 g/mol. The molecule has 1 aliphatic heterocycles. The second-order valence-electron chi connectivity index (χ2n) is 8.22. The van der Waals surface area contributed by atoms with Gasteiger partial charge in [0.25, 0.3) is 0 Å². The van der Waals surface area contributed by atoms with Crippen molar-refractivity contribution < 1.29 is 27.3 Å². The van der Waals surface area contributed by atoms with E-state index >= 15 is 0 Å². The lowest BCUT2D eigenvalue weighted by Gasteiger charge is -2.31. The molecule has 1 aliphatic rings. The van der Waals surface area contributed by atoms with Gasteiger partial charge in [-0.3, -0.25) is 9.59 Å². The molecule has 0 saturated carbocycles. The van der Waals surface area contributed by atoms with Gasteiger partial charge in [-0.15, -0.1) is 0 Å². The molecule has 0 spiro atoms. The number of carbonyl (C=O) groups is 2. The maximum Gasteiger partial charge on any atom is 0.248 e. The summed E-state index contributed by atoms with van der Waals surface area (Å²) in [5, 5.41) is 6.52. The topological polar surface area (TPSA) is 158 Å². The fourth-order valence-corrected chi connectivity index (χ4v) is 5.75. The number of aromatic nitrogens is 2. The number of hydrogen-bond acceptors (Lipinski definition) is 8. The third-order valence-corrected chi connectivity index (χ3v) is 7.78. The predicted octanol–water partition coefficient (Wildman–Crippen LogP) is 2.62. The highest BCUT2D eigenvalue weighted by molar-refractivity contribution is 7.89. The molecule has 11 nitrogen and oxygen atoms in total. The number of benzene rings is 1. The highest BCUT2D eigenvalue weighted by atomic mass is 32.2. The molecule has 3 N–H and O–H groups in total. The number of nitrogens with one attached hydrogen (secondary N) is 1. The smallest absolute Gasteiger partial charge is 0.248 e. The van der Waals surface area contributed by atoms with Crippen LogP contribution in [0.5, 0.6) is 11.6 Å². The molecule has 1 aromatic carbocycles. The molecule has 12 heteroatoms. The SMILES string of the molecule is Cc1noc(C)c1S(=O)(=O)N1CCCC(C(=O)Nc2ccc(Oc3cccc(C(N)=O)c3)nc2)C1. The summed E-state index contributed by atoms with van der Waals surface area (Å²) in [4.78, 5) is 28.4. The minimum absolute atomic E-state index is 0.0553. The zero-order valence-corrected chi connectivity index (χ0v) is 20.0. The van der Waals surface area contributed by atoms with Gasteiger partial charge in [0, 0.05) is 24.7 Å². The van der Waals surface area contributed by atoms with Crippen LogP contribution < -0.4 is 15.8 Å². The molecule has 184 valence electrons. The number of hydrogen-bond donors (Lipinski definition) is 2. The third kappa shape index (κ3) is 5.33. The first-order chi connectivity index (χ1) is 16.6. The van der Waals surface area contributed by atoms with Crippen LogP contribution in [0.2, 0.25) is 0 Å². The Balaban J connectivity index is 1.40. The Bertz CT molecular complexity index is 1330. The normalized spacial score (nSPS) is 16.6. The van der Waals surface area contributed by atoms with Crippen molar-refractivity contribution in [3.63, 3.8) is 0 Å². The zero-order chi connectivity index (χ0) is 25.2. The second-order valence-corrected chi connectivity index (χ2v) is 10.1. The number of piperidine rings is 1. The largest absolute Gasteiger partial charge is 0.439 e. The molecule has 1 fully saturated rings. The first kappa shape index (κ1) is 24.4. The minimum Gasteiger partial charge on any atom is -0.439 e. The van der Waals surface area contributed by atoms with Crippen LogP contribution in [0.4, 0.5) is 5.69 Å². The van der Waals surface area contributed by atoms with Crippen molar-refractivity contribution >= 4 is 27.5 Å². The maximum atomic E-state index is 13.1. The summed E-state index contributed by atoms with van der Waals surface area (Å²) in [6, 6.07) is 9.58. The maximum absolute atomic E-state index is 13.1. The Morgan fingerprint density at radius 3 is 2.69 bits per heavy atom. The van der Waals surface area contributed by atoms with Crippen molar-refractivity contribution in [2.24, 2.45) is 11.7 Å². The number of nitrogens with two attached hydrogens (primary N) is 1. The molecule has 3 heterocycles. The summed E-state index contributed by atoms with van der Waals surface area (Å²) in [6.07, 6.45) is 2.55. The Morgan fingerprint density at radius 1 is 1.23 bits per heavy atom. The predicted molar refractivity (Wildman–Crippen MR) is 125 cm³/mol. The summed E-state index contributed by atoms with van der Waals surface area (Å²) in [6.45, 7) is 3.51. The van der Waals surface area contributed by atoms with Gasteiger partial charge in [0.05, 0.1) is 17.8 Å². The van der Waals surface area contributed by atoms with E-state index in [1.807, 2.05) is 0 Å². The van der Waals surface area contributed by atoms with E-state index < -0.39 is 21.8 Å². The fourth-order valence-electron chi connectivity index (χ4n) is 3.94. The van der Waals surface area contributed by atoms with Crippen molar-refractivity contribution in [3.8, 4) is 11.6 Å². The number of carbonyl (C=O) groups excluding carboxylic acids is 2. The lowest BCUT2D eigenvalue weighted by molar-refractivity contribution is -0.120. The van der Waals surface area contributed by atoms with Gasteiger partial charge in [-0.1, -0.05) is 11.2 Å². The van der Waals surface area contributed by atoms with Crippen LogP contribution in [0.1, 0.15) is 34.7 Å². The molecule has 0 aliphatic carbocycles. The summed E-state index contributed by atoms with van der Waals surface area (Å²) in [5.74, 6) is -0.503. The van der Waals surface area contributed by atoms with Crippen LogP contribution in [0.15, 0.2) is 52.0 Å². The molecule has 1 unspecified atom stereocenters. The summed E-state index contributed by atoms with van der Waals surface area (Å²) in [7, 11) is -3.82. The van der Waals surface area contributed by atoms with Gasteiger partial charge in [-0.2, -0.15) is 4.31 Å². The molecule has 0 radical (unpaired) electrons. The molecular formula is C23H25N5O6S. The second kappa shape index (κ2) is 9.84. The van der Waals surface area contributed by atoms with Gasteiger partial charge in [0.15, 0.2) is 5.76 Å². The molecule has 2 amide bonds. The third-order valence-electron chi connectivity index (χ3n) is 5.67. The summed E-state index contributed by atoms with van der Waals surface area (Å²) in [5.41, 5.74) is 6.33. The number of nitrogens with zero attached hydrogens (tertiary/aromatic N) is 3. The van der Waals surface area contributed by atoms with Gasteiger partial charge in [0.1, 0.15) is 16.3 Å². The Labute approximate surface area is 202 Å². The average Bonchev–Trinajstić information content (AvgIpc) is 3.19. The van der Waals surface area contributed by atoms with Crippen molar-refractivity contribution in [2.75, 3.05) is 18.4 Å². The number of sulfonamides is 1. The minimum atomic E-state index is -3.82. The summed E-state index contributed by atoms with van der Waals surface area (Å²) < 4.78 is 38.2. The number of pyridine rings is 1. The van der Waals surface area contributed by atoms with Crippen LogP contribution in [0.25, 0.3) is 0 Å². The van der Waals surface area contributed by atoms with Crippen LogP contribution in [-0.4, -0.2) is 47.8 Å². The number of anilines is 1. The zero-order valence-electron chi connectivity index (χ0n) is 19.2. The Hall–Kier alpha value is -3.77. The van der Waals surface area contributed by atoms with Crippen LogP contribution in [0.3, 0.4) is 0 Å². The van der Waals surface area contributed by atoms with Crippen molar-refractivity contribution in [1.29, 1.82) is 0 Å². The van der Waals surface area contributed by atoms with Crippen molar-refractivity contribution in [2.45, 2.75) is 31.6 Å². The molecule has 35 heavy (non-hydrogen) atoms. The average molecular weight is 500 g/mol. The van der Waals surface area contributed by atoms with Gasteiger partial charge < -0.3 is 20.3 Å².